The fourth-order valence-corrected chi connectivity index (χ4v) is 4.74. The number of hydrogen-bond acceptors (Lipinski definition) is 4. The summed E-state index contributed by atoms with van der Waals surface area (Å²) in [6.07, 6.45) is 5.85. The van der Waals surface area contributed by atoms with Crippen molar-refractivity contribution < 1.29 is 14.4 Å². The summed E-state index contributed by atoms with van der Waals surface area (Å²) in [4.78, 5) is 46.1. The molecule has 7 heteroatoms. The van der Waals surface area contributed by atoms with E-state index in [2.05, 4.69) is 30.2 Å². The van der Waals surface area contributed by atoms with Crippen LogP contribution in [0.25, 0.3) is 0 Å². The molecule has 174 valence electrons. The lowest BCUT2D eigenvalue weighted by Crippen LogP contribution is -2.48. The number of para-hydroxylation sites is 1. The maximum Gasteiger partial charge on any atom is 0.253 e. The number of benzene rings is 1. The number of carbonyl (C=O) groups excluding carboxylic acids is 3. The molecule has 2 unspecified atom stereocenters. The smallest absolute Gasteiger partial charge is 0.253 e. The number of carbonyl (C=O) groups is 3. The van der Waals surface area contributed by atoms with Crippen LogP contribution in [0.1, 0.15) is 61.4 Å². The minimum Gasteiger partial charge on any atom is -0.349 e. The topological polar surface area (TPSA) is 82.6 Å². The van der Waals surface area contributed by atoms with Crippen molar-refractivity contribution in [3.8, 4) is 0 Å². The Balaban J connectivity index is 1.34. The number of piperidine rings is 1. The lowest BCUT2D eigenvalue weighted by molar-refractivity contribution is -0.136. The van der Waals surface area contributed by atoms with Crippen LogP contribution in [0.2, 0.25) is 0 Å². The van der Waals surface area contributed by atoms with Gasteiger partial charge < -0.3 is 15.1 Å². The molecule has 2 aliphatic heterocycles. The minimum absolute atomic E-state index is 0.0164. The van der Waals surface area contributed by atoms with Gasteiger partial charge in [-0.1, -0.05) is 32.0 Å². The van der Waals surface area contributed by atoms with Gasteiger partial charge >= 0.3 is 0 Å². The van der Waals surface area contributed by atoms with Gasteiger partial charge in [0.2, 0.25) is 11.8 Å². The van der Waals surface area contributed by atoms with Crippen molar-refractivity contribution in [1.29, 1.82) is 0 Å². The third-order valence-corrected chi connectivity index (χ3v) is 6.91. The Bertz CT molecular complexity index is 1000. The van der Waals surface area contributed by atoms with Gasteiger partial charge in [0.25, 0.3) is 5.91 Å². The Morgan fingerprint density at radius 2 is 1.91 bits per heavy atom. The molecule has 0 bridgehead atoms. The first kappa shape index (κ1) is 23.0. The van der Waals surface area contributed by atoms with Crippen LogP contribution in [-0.4, -0.2) is 53.3 Å². The Kier molecular flexibility index (Phi) is 7.06. The van der Waals surface area contributed by atoms with Gasteiger partial charge in [0.15, 0.2) is 0 Å². The standard InChI is InChI=1S/C26H32N4O3/c1-3-18(2)22-8-4-5-9-23(22)30-17-20(15-24(30)31)26(33)29-13-10-21(11-14-29)28-25(32)19-7-6-12-27-16-19/h4-9,12,16,18,20-21H,3,10-11,13-15,17H2,1-2H3,(H,28,32). The monoisotopic (exact) mass is 448 g/mol. The Morgan fingerprint density at radius 1 is 1.15 bits per heavy atom. The number of nitrogens with one attached hydrogen (secondary N) is 1. The third kappa shape index (κ3) is 5.07. The normalized spacial score (nSPS) is 20.1. The molecule has 0 spiro atoms. The van der Waals surface area contributed by atoms with E-state index in [1.54, 1.807) is 29.4 Å². The van der Waals surface area contributed by atoms with Crippen molar-refractivity contribution in [2.24, 2.45) is 5.92 Å². The molecule has 1 aromatic heterocycles. The molecular weight excluding hydrogens is 416 g/mol. The maximum absolute atomic E-state index is 13.2. The van der Waals surface area contributed by atoms with Gasteiger partial charge in [0.1, 0.15) is 0 Å². The van der Waals surface area contributed by atoms with Crippen molar-refractivity contribution in [2.75, 3.05) is 24.5 Å². The van der Waals surface area contributed by atoms with E-state index in [1.807, 2.05) is 23.1 Å². The molecule has 7 nitrogen and oxygen atoms in total. The lowest BCUT2D eigenvalue weighted by Gasteiger charge is -2.34. The van der Waals surface area contributed by atoms with Crippen LogP contribution in [0.5, 0.6) is 0 Å². The first-order valence-electron chi connectivity index (χ1n) is 11.9. The van der Waals surface area contributed by atoms with E-state index in [4.69, 9.17) is 0 Å². The van der Waals surface area contributed by atoms with E-state index in [9.17, 15) is 14.4 Å². The largest absolute Gasteiger partial charge is 0.349 e. The lowest BCUT2D eigenvalue weighted by atomic mass is 9.96. The predicted octanol–water partition coefficient (Wildman–Crippen LogP) is 3.37. The average molecular weight is 449 g/mol. The van der Waals surface area contributed by atoms with Gasteiger partial charge in [-0.05, 0) is 48.9 Å². The molecule has 0 radical (unpaired) electrons. The summed E-state index contributed by atoms with van der Waals surface area (Å²) < 4.78 is 0. The Labute approximate surface area is 195 Å². The number of anilines is 1. The summed E-state index contributed by atoms with van der Waals surface area (Å²) in [6, 6.07) is 11.5. The van der Waals surface area contributed by atoms with Crippen molar-refractivity contribution in [3.05, 3.63) is 59.9 Å². The summed E-state index contributed by atoms with van der Waals surface area (Å²) in [5, 5.41) is 3.04. The predicted molar refractivity (Wildman–Crippen MR) is 127 cm³/mol. The van der Waals surface area contributed by atoms with Crippen LogP contribution in [0, 0.1) is 5.92 Å². The Hall–Kier alpha value is -3.22. The molecule has 0 saturated carbocycles. The zero-order valence-electron chi connectivity index (χ0n) is 19.4. The van der Waals surface area contributed by atoms with Crippen LogP contribution in [0.4, 0.5) is 5.69 Å². The maximum atomic E-state index is 13.2. The highest BCUT2D eigenvalue weighted by molar-refractivity contribution is 6.01. The molecular formula is C26H32N4O3. The number of pyridine rings is 1. The van der Waals surface area contributed by atoms with E-state index in [0.29, 0.717) is 44.0 Å². The highest BCUT2D eigenvalue weighted by atomic mass is 16.2. The first-order chi connectivity index (χ1) is 16.0. The van der Waals surface area contributed by atoms with Crippen LogP contribution in [0.15, 0.2) is 48.8 Å². The molecule has 1 aromatic carbocycles. The molecule has 2 aromatic rings. The number of nitrogens with zero attached hydrogens (tertiary/aromatic N) is 3. The molecule has 0 aliphatic carbocycles. The third-order valence-electron chi connectivity index (χ3n) is 6.91. The fourth-order valence-electron chi connectivity index (χ4n) is 4.74. The van der Waals surface area contributed by atoms with Gasteiger partial charge in [-0.15, -0.1) is 0 Å². The van der Waals surface area contributed by atoms with Crippen molar-refractivity contribution in [3.63, 3.8) is 0 Å². The molecule has 3 heterocycles. The number of likely N-dealkylation sites (tertiary alicyclic amines) is 1. The zero-order valence-corrected chi connectivity index (χ0v) is 19.4. The van der Waals surface area contributed by atoms with Crippen molar-refractivity contribution in [1.82, 2.24) is 15.2 Å². The molecule has 2 saturated heterocycles. The minimum atomic E-state index is -0.316. The quantitative estimate of drug-likeness (QED) is 0.735. The first-order valence-corrected chi connectivity index (χ1v) is 11.9. The molecule has 33 heavy (non-hydrogen) atoms. The zero-order chi connectivity index (χ0) is 23.4. The van der Waals surface area contributed by atoms with Crippen molar-refractivity contribution in [2.45, 2.75) is 51.5 Å². The number of hydrogen-bond donors (Lipinski definition) is 1. The van der Waals surface area contributed by atoms with E-state index < -0.39 is 0 Å². The average Bonchev–Trinajstić information content (AvgIpc) is 3.25. The molecule has 2 aliphatic rings. The van der Waals surface area contributed by atoms with Gasteiger partial charge in [-0.3, -0.25) is 19.4 Å². The summed E-state index contributed by atoms with van der Waals surface area (Å²) in [6.45, 7) is 5.92. The Morgan fingerprint density at radius 3 is 2.61 bits per heavy atom. The van der Waals surface area contributed by atoms with Gasteiger partial charge in [0.05, 0.1) is 11.5 Å². The van der Waals surface area contributed by atoms with E-state index >= 15 is 0 Å². The van der Waals surface area contributed by atoms with E-state index in [-0.39, 0.29) is 36.1 Å². The molecule has 3 amide bonds. The van der Waals surface area contributed by atoms with Crippen LogP contribution < -0.4 is 10.2 Å². The second-order valence-electron chi connectivity index (χ2n) is 9.09. The highest BCUT2D eigenvalue weighted by Crippen LogP contribution is 2.34. The van der Waals surface area contributed by atoms with Crippen LogP contribution >= 0.6 is 0 Å². The SMILES string of the molecule is CCC(C)c1ccccc1N1CC(C(=O)N2CCC(NC(=O)c3cccnc3)CC2)CC1=O. The molecule has 2 fully saturated rings. The second kappa shape index (κ2) is 10.1. The van der Waals surface area contributed by atoms with E-state index in [0.717, 1.165) is 17.7 Å². The molecule has 4 rings (SSSR count). The fraction of sp³-hybridized carbons (Fsp3) is 0.462. The van der Waals surface area contributed by atoms with Gasteiger partial charge in [-0.25, -0.2) is 0 Å². The second-order valence-corrected chi connectivity index (χ2v) is 9.09. The van der Waals surface area contributed by atoms with Crippen LogP contribution in [0.3, 0.4) is 0 Å². The number of amides is 3. The van der Waals surface area contributed by atoms with Gasteiger partial charge in [0, 0.05) is 50.2 Å². The molecule has 1 N–H and O–H groups in total. The highest BCUT2D eigenvalue weighted by Gasteiger charge is 2.39. The summed E-state index contributed by atoms with van der Waals surface area (Å²) in [7, 11) is 0. The number of aromatic nitrogens is 1. The van der Waals surface area contributed by atoms with Crippen LogP contribution in [-0.2, 0) is 9.59 Å². The molecule has 2 atom stereocenters. The summed E-state index contributed by atoms with van der Waals surface area (Å²) in [5.41, 5.74) is 2.63. The van der Waals surface area contributed by atoms with E-state index in [1.165, 1.54) is 0 Å². The summed E-state index contributed by atoms with van der Waals surface area (Å²) >= 11 is 0. The number of rotatable bonds is 6. The van der Waals surface area contributed by atoms with Crippen molar-refractivity contribution >= 4 is 23.4 Å². The van der Waals surface area contributed by atoms with Gasteiger partial charge in [-0.2, -0.15) is 0 Å². The summed E-state index contributed by atoms with van der Waals surface area (Å²) in [5.74, 6) is -0.0369.